The molecule has 1 fully saturated rings. The molecule has 10 nitrogen and oxygen atoms in total. The summed E-state index contributed by atoms with van der Waals surface area (Å²) in [6.07, 6.45) is -1.38. The summed E-state index contributed by atoms with van der Waals surface area (Å²) in [5.41, 5.74) is 2.45. The van der Waals surface area contributed by atoms with Crippen molar-refractivity contribution < 1.29 is 24.9 Å². The maximum Gasteiger partial charge on any atom is 0.254 e. The molecule has 1 unspecified atom stereocenters. The summed E-state index contributed by atoms with van der Waals surface area (Å²) >= 11 is 0. The molecule has 3 aromatic rings. The van der Waals surface area contributed by atoms with Crippen LogP contribution in [0, 0.1) is 0 Å². The van der Waals surface area contributed by atoms with Gasteiger partial charge >= 0.3 is 0 Å². The second-order valence-corrected chi connectivity index (χ2v) is 8.46. The Labute approximate surface area is 203 Å². The lowest BCUT2D eigenvalue weighted by atomic mass is 10.1. The third-order valence-electron chi connectivity index (χ3n) is 6.10. The van der Waals surface area contributed by atoms with E-state index in [9.17, 15) is 24.9 Å². The molecule has 0 bridgehead atoms. The molecule has 4 atom stereocenters. The maximum atomic E-state index is 12.7. The Morgan fingerprint density at radius 3 is 2.31 bits per heavy atom. The van der Waals surface area contributed by atoms with Crippen LogP contribution in [0.2, 0.25) is 0 Å². The lowest BCUT2D eigenvalue weighted by Gasteiger charge is -2.40. The fourth-order valence-corrected chi connectivity index (χ4v) is 4.07. The number of hydrogen-bond acceptors (Lipinski definition) is 7. The zero-order valence-electron chi connectivity index (χ0n) is 19.3. The van der Waals surface area contributed by atoms with Crippen LogP contribution in [0.5, 0.6) is 0 Å². The predicted octanol–water partition coefficient (Wildman–Crippen LogP) is 0.439. The van der Waals surface area contributed by atoms with Crippen LogP contribution in [-0.2, 0) is 9.59 Å². The van der Waals surface area contributed by atoms with E-state index in [4.69, 9.17) is 0 Å². The van der Waals surface area contributed by atoms with E-state index in [1.165, 1.54) is 4.90 Å². The first-order chi connectivity index (χ1) is 16.8. The zero-order chi connectivity index (χ0) is 24.9. The number of benzene rings is 2. The molecule has 1 saturated heterocycles. The van der Waals surface area contributed by atoms with Crippen LogP contribution in [0.25, 0.3) is 5.69 Å². The minimum atomic E-state index is -1.95. The molecule has 1 aliphatic rings. The van der Waals surface area contributed by atoms with Crippen LogP contribution in [-0.4, -0.2) is 79.9 Å². The van der Waals surface area contributed by atoms with E-state index in [2.05, 4.69) is 10.4 Å². The Morgan fingerprint density at radius 1 is 0.971 bits per heavy atom. The van der Waals surface area contributed by atoms with Crippen LogP contribution in [0.3, 0.4) is 0 Å². The highest BCUT2D eigenvalue weighted by Crippen LogP contribution is 2.20. The molecule has 0 spiro atoms. The van der Waals surface area contributed by atoms with Gasteiger partial charge in [-0.15, -0.1) is 0 Å². The molecule has 0 saturated carbocycles. The topological polar surface area (TPSA) is 131 Å². The zero-order valence-corrected chi connectivity index (χ0v) is 19.3. The van der Waals surface area contributed by atoms with E-state index in [-0.39, 0.29) is 13.1 Å². The fraction of sp³-hybridized carbons (Fsp3) is 0.320. The third kappa shape index (κ3) is 5.51. The molecule has 0 aliphatic carbocycles. The van der Waals surface area contributed by atoms with Crippen molar-refractivity contribution in [2.45, 2.75) is 31.4 Å². The number of nitrogens with zero attached hydrogens (tertiary/aromatic N) is 4. The van der Waals surface area contributed by atoms with Crippen molar-refractivity contribution in [1.29, 1.82) is 0 Å². The Bertz CT molecular complexity index is 1120. The van der Waals surface area contributed by atoms with Crippen LogP contribution in [0.4, 0.5) is 5.69 Å². The minimum absolute atomic E-state index is 0.0574. The summed E-state index contributed by atoms with van der Waals surface area (Å²) in [7, 11) is 0. The van der Waals surface area contributed by atoms with Crippen LogP contribution in [0.1, 0.15) is 18.5 Å². The van der Waals surface area contributed by atoms with E-state index in [1.807, 2.05) is 66.9 Å². The average Bonchev–Trinajstić information content (AvgIpc) is 3.43. The number of nitrogens with one attached hydrogen (secondary N) is 1. The highest BCUT2D eigenvalue weighted by molar-refractivity contribution is 5.91. The van der Waals surface area contributed by atoms with Gasteiger partial charge in [0.1, 0.15) is 6.23 Å². The van der Waals surface area contributed by atoms with Crippen LogP contribution in [0.15, 0.2) is 73.1 Å². The highest BCUT2D eigenvalue weighted by atomic mass is 16.3. The van der Waals surface area contributed by atoms with E-state index >= 15 is 0 Å². The van der Waals surface area contributed by atoms with Gasteiger partial charge in [0.2, 0.25) is 0 Å². The maximum absolute atomic E-state index is 12.7. The van der Waals surface area contributed by atoms with Crippen LogP contribution >= 0.6 is 0 Å². The Balaban J connectivity index is 1.31. The number of hydrogen-bond donors (Lipinski definition) is 4. The summed E-state index contributed by atoms with van der Waals surface area (Å²) < 4.78 is 1.70. The number of piperazine rings is 1. The summed E-state index contributed by atoms with van der Waals surface area (Å²) in [6, 6.07) is 18.0. The normalized spacial score (nSPS) is 18.6. The van der Waals surface area contributed by atoms with Crippen molar-refractivity contribution in [3.05, 3.63) is 78.6 Å². The number of anilines is 1. The number of amides is 2. The quantitative estimate of drug-likeness (QED) is 0.387. The lowest BCUT2D eigenvalue weighted by Crippen LogP contribution is -2.59. The van der Waals surface area contributed by atoms with Crippen molar-refractivity contribution in [3.8, 4) is 5.69 Å². The monoisotopic (exact) mass is 479 g/mol. The van der Waals surface area contributed by atoms with Gasteiger partial charge in [0.15, 0.2) is 12.2 Å². The number of carbonyl (C=O) groups is 2. The molecule has 1 aromatic heterocycles. The standard InChI is InChI=1S/C25H29N5O5/c1-17(18-8-10-20(11-9-18)30-13-5-12-26-30)27-24(34)22(32)23(33)25(35)28-14-15-29(21(31)16-28)19-6-3-2-4-7-19/h2-13,17,21-23,31-33H,14-16H2,1H3,(H,27,34)/t17-,21?,22-,23-/m1/s1. The van der Waals surface area contributed by atoms with E-state index in [0.717, 1.165) is 16.9 Å². The largest absolute Gasteiger partial charge is 0.380 e. The molecule has 10 heteroatoms. The lowest BCUT2D eigenvalue weighted by molar-refractivity contribution is -0.155. The number of β-amino-alcohol motifs (C(OH)–C–C–N with tert-alkyl or cyclic N) is 1. The number of aromatic nitrogens is 2. The first-order valence-corrected chi connectivity index (χ1v) is 11.4. The van der Waals surface area contributed by atoms with E-state index in [0.29, 0.717) is 6.54 Å². The molecular formula is C25H29N5O5. The molecular weight excluding hydrogens is 450 g/mol. The second-order valence-electron chi connectivity index (χ2n) is 8.46. The number of aliphatic hydroxyl groups excluding tert-OH is 3. The third-order valence-corrected chi connectivity index (χ3v) is 6.10. The first kappa shape index (κ1) is 24.4. The van der Waals surface area contributed by atoms with Gasteiger partial charge in [-0.1, -0.05) is 30.3 Å². The van der Waals surface area contributed by atoms with Crippen molar-refractivity contribution in [3.63, 3.8) is 0 Å². The molecule has 4 rings (SSSR count). The van der Waals surface area contributed by atoms with Gasteiger partial charge in [-0.25, -0.2) is 4.68 Å². The second kappa shape index (κ2) is 10.7. The Morgan fingerprint density at radius 2 is 1.69 bits per heavy atom. The van der Waals surface area contributed by atoms with Gasteiger partial charge in [0, 0.05) is 31.2 Å². The Kier molecular flexibility index (Phi) is 7.45. The van der Waals surface area contributed by atoms with Gasteiger partial charge in [0.25, 0.3) is 11.8 Å². The number of carbonyl (C=O) groups excluding carboxylic acids is 2. The van der Waals surface area contributed by atoms with Gasteiger partial charge in [-0.2, -0.15) is 5.10 Å². The van der Waals surface area contributed by atoms with Gasteiger partial charge in [-0.3, -0.25) is 9.59 Å². The molecule has 35 heavy (non-hydrogen) atoms. The molecule has 184 valence electrons. The minimum Gasteiger partial charge on any atom is -0.380 e. The highest BCUT2D eigenvalue weighted by Gasteiger charge is 2.37. The predicted molar refractivity (Wildman–Crippen MR) is 129 cm³/mol. The van der Waals surface area contributed by atoms with Gasteiger partial charge in [0.05, 0.1) is 18.3 Å². The fourth-order valence-electron chi connectivity index (χ4n) is 4.07. The number of aliphatic hydroxyl groups is 3. The van der Waals surface area contributed by atoms with E-state index in [1.54, 1.807) is 22.7 Å². The number of rotatable bonds is 7. The molecule has 2 amide bonds. The molecule has 2 heterocycles. The van der Waals surface area contributed by atoms with Crippen molar-refractivity contribution in [2.75, 3.05) is 24.5 Å². The van der Waals surface area contributed by atoms with Gasteiger partial charge in [-0.05, 0) is 42.8 Å². The van der Waals surface area contributed by atoms with E-state index < -0.39 is 36.3 Å². The van der Waals surface area contributed by atoms with Crippen LogP contribution < -0.4 is 10.2 Å². The summed E-state index contributed by atoms with van der Waals surface area (Å²) in [5.74, 6) is -1.67. The first-order valence-electron chi connectivity index (χ1n) is 11.4. The van der Waals surface area contributed by atoms with Crippen molar-refractivity contribution in [2.24, 2.45) is 0 Å². The molecule has 0 radical (unpaired) electrons. The molecule has 4 N–H and O–H groups in total. The number of para-hydroxylation sites is 1. The smallest absolute Gasteiger partial charge is 0.254 e. The van der Waals surface area contributed by atoms with Crippen molar-refractivity contribution in [1.82, 2.24) is 20.0 Å². The molecule has 1 aliphatic heterocycles. The SMILES string of the molecule is C[C@@H](NC(=O)[C@H](O)[C@@H](O)C(=O)N1CCN(c2ccccc2)C(O)C1)c1ccc(-n2cccn2)cc1. The summed E-state index contributed by atoms with van der Waals surface area (Å²) in [6.45, 7) is 2.26. The summed E-state index contributed by atoms with van der Waals surface area (Å²) in [5, 5.41) is 38.0. The Hall–Kier alpha value is -3.73. The van der Waals surface area contributed by atoms with Crippen molar-refractivity contribution >= 4 is 17.5 Å². The van der Waals surface area contributed by atoms with Gasteiger partial charge < -0.3 is 30.4 Å². The summed E-state index contributed by atoms with van der Waals surface area (Å²) in [4.78, 5) is 28.3. The average molecular weight is 480 g/mol. The molecule has 2 aromatic carbocycles.